The molecule has 1 aliphatic rings. The Morgan fingerprint density at radius 1 is 0.967 bits per heavy atom. The van der Waals surface area contributed by atoms with Crippen molar-refractivity contribution in [3.8, 4) is 11.5 Å². The summed E-state index contributed by atoms with van der Waals surface area (Å²) in [6, 6.07) is 10.1. The number of ether oxygens (including phenoxy) is 2. The second kappa shape index (κ2) is 10.0. The molecule has 2 amide bonds. The number of carbonyl (C=O) groups excluding carboxylic acids is 2. The monoisotopic (exact) mass is 451 g/mol. The summed E-state index contributed by atoms with van der Waals surface area (Å²) in [4.78, 5) is 28.9. The first-order valence-electron chi connectivity index (χ1n) is 9.40. The third-order valence-electron chi connectivity index (χ3n) is 4.87. The number of anilines is 1. The Balaban J connectivity index is 1.54. The van der Waals surface area contributed by atoms with Gasteiger partial charge in [-0.05, 0) is 24.3 Å². The van der Waals surface area contributed by atoms with E-state index in [2.05, 4.69) is 5.32 Å². The van der Waals surface area contributed by atoms with E-state index in [0.29, 0.717) is 59.0 Å². The number of benzene rings is 2. The first-order valence-corrected chi connectivity index (χ1v) is 10.2. The highest BCUT2D eigenvalue weighted by molar-refractivity contribution is 6.32. The molecular weight excluding hydrogens is 429 g/mol. The van der Waals surface area contributed by atoms with Crippen molar-refractivity contribution >= 4 is 40.7 Å². The average molecular weight is 452 g/mol. The summed E-state index contributed by atoms with van der Waals surface area (Å²) in [6.07, 6.45) is 0. The summed E-state index contributed by atoms with van der Waals surface area (Å²) in [5, 5.41) is 3.83. The summed E-state index contributed by atoms with van der Waals surface area (Å²) < 4.78 is 10.5. The molecule has 0 spiro atoms. The molecule has 1 fully saturated rings. The molecule has 2 aromatic rings. The number of hydrogen-bond donors (Lipinski definition) is 1. The van der Waals surface area contributed by atoms with Crippen LogP contribution in [0.25, 0.3) is 0 Å². The Hall–Kier alpha value is -2.48. The summed E-state index contributed by atoms with van der Waals surface area (Å²) >= 11 is 12.0. The molecule has 160 valence electrons. The predicted molar refractivity (Wildman–Crippen MR) is 117 cm³/mol. The first kappa shape index (κ1) is 22.2. The van der Waals surface area contributed by atoms with Crippen LogP contribution in [0.4, 0.5) is 5.69 Å². The minimum absolute atomic E-state index is 0.0336. The molecule has 0 unspecified atom stereocenters. The summed E-state index contributed by atoms with van der Waals surface area (Å²) in [6.45, 7) is 2.51. The number of methoxy groups -OCH3 is 2. The second-order valence-electron chi connectivity index (χ2n) is 6.81. The molecule has 1 heterocycles. The lowest BCUT2D eigenvalue weighted by molar-refractivity contribution is -0.117. The van der Waals surface area contributed by atoms with E-state index in [0.717, 1.165) is 0 Å². The maximum absolute atomic E-state index is 12.6. The van der Waals surface area contributed by atoms with Crippen LogP contribution in [-0.4, -0.2) is 68.6 Å². The quantitative estimate of drug-likeness (QED) is 0.728. The third-order valence-corrected chi connectivity index (χ3v) is 5.41. The predicted octanol–water partition coefficient (Wildman–Crippen LogP) is 3.41. The molecular formula is C21H23Cl2N3O4. The van der Waals surface area contributed by atoms with Crippen molar-refractivity contribution in [3.05, 3.63) is 52.0 Å². The Morgan fingerprint density at radius 2 is 1.60 bits per heavy atom. The van der Waals surface area contributed by atoms with E-state index in [4.69, 9.17) is 32.7 Å². The van der Waals surface area contributed by atoms with Crippen LogP contribution >= 0.6 is 23.2 Å². The number of nitrogens with zero attached hydrogens (tertiary/aromatic N) is 2. The summed E-state index contributed by atoms with van der Waals surface area (Å²) in [5.74, 6) is 0.679. The molecule has 2 aromatic carbocycles. The van der Waals surface area contributed by atoms with Crippen molar-refractivity contribution in [2.45, 2.75) is 0 Å². The Bertz CT molecular complexity index is 913. The maximum Gasteiger partial charge on any atom is 0.253 e. The number of amides is 2. The van der Waals surface area contributed by atoms with Crippen LogP contribution in [0.2, 0.25) is 10.0 Å². The molecule has 0 aromatic heterocycles. The van der Waals surface area contributed by atoms with Gasteiger partial charge in [0.1, 0.15) is 11.5 Å². The van der Waals surface area contributed by atoms with Crippen molar-refractivity contribution in [2.24, 2.45) is 0 Å². The first-order chi connectivity index (χ1) is 14.4. The van der Waals surface area contributed by atoms with E-state index < -0.39 is 0 Å². The lowest BCUT2D eigenvalue weighted by Crippen LogP contribution is -2.50. The van der Waals surface area contributed by atoms with E-state index in [-0.39, 0.29) is 18.4 Å². The van der Waals surface area contributed by atoms with Gasteiger partial charge < -0.3 is 19.7 Å². The largest absolute Gasteiger partial charge is 0.495 e. The number of rotatable bonds is 6. The molecule has 0 bridgehead atoms. The molecule has 9 heteroatoms. The van der Waals surface area contributed by atoms with E-state index in [1.807, 2.05) is 4.90 Å². The second-order valence-corrected chi connectivity index (χ2v) is 7.65. The number of hydrogen-bond acceptors (Lipinski definition) is 5. The minimum Gasteiger partial charge on any atom is -0.495 e. The number of nitrogens with one attached hydrogen (secondary N) is 1. The van der Waals surface area contributed by atoms with E-state index in [1.165, 1.54) is 14.2 Å². The van der Waals surface area contributed by atoms with Crippen LogP contribution in [0.3, 0.4) is 0 Å². The van der Waals surface area contributed by atoms with Crippen molar-refractivity contribution in [3.63, 3.8) is 0 Å². The van der Waals surface area contributed by atoms with Crippen LogP contribution in [0, 0.1) is 0 Å². The molecule has 0 saturated carbocycles. The fourth-order valence-corrected chi connectivity index (χ4v) is 3.59. The van der Waals surface area contributed by atoms with Gasteiger partial charge in [0, 0.05) is 48.9 Å². The topological polar surface area (TPSA) is 71.1 Å². The van der Waals surface area contributed by atoms with E-state index in [1.54, 1.807) is 41.3 Å². The van der Waals surface area contributed by atoms with Gasteiger partial charge in [-0.15, -0.1) is 0 Å². The van der Waals surface area contributed by atoms with Gasteiger partial charge in [-0.2, -0.15) is 0 Å². The van der Waals surface area contributed by atoms with E-state index in [9.17, 15) is 9.59 Å². The zero-order valence-corrected chi connectivity index (χ0v) is 18.3. The summed E-state index contributed by atoms with van der Waals surface area (Å²) in [7, 11) is 3.01. The Morgan fingerprint density at radius 3 is 2.20 bits per heavy atom. The van der Waals surface area contributed by atoms with Crippen LogP contribution in [0.1, 0.15) is 10.4 Å². The van der Waals surface area contributed by atoms with Crippen LogP contribution < -0.4 is 14.8 Å². The number of halogens is 2. The fraction of sp³-hybridized carbons (Fsp3) is 0.333. The standard InChI is InChI=1S/C21H23Cl2N3O4/c1-29-18-12-17(19(30-2)11-16(18)23)24-20(27)13-25-7-9-26(10-8-25)21(28)14-3-5-15(22)6-4-14/h3-6,11-12H,7-10,13H2,1-2H3,(H,24,27). The Kier molecular flexibility index (Phi) is 7.42. The smallest absolute Gasteiger partial charge is 0.253 e. The summed E-state index contributed by atoms with van der Waals surface area (Å²) in [5.41, 5.74) is 1.09. The molecule has 30 heavy (non-hydrogen) atoms. The molecule has 0 aliphatic carbocycles. The van der Waals surface area contributed by atoms with Gasteiger partial charge in [0.2, 0.25) is 5.91 Å². The minimum atomic E-state index is -0.185. The van der Waals surface area contributed by atoms with Gasteiger partial charge in [-0.1, -0.05) is 23.2 Å². The lowest BCUT2D eigenvalue weighted by atomic mass is 10.2. The van der Waals surface area contributed by atoms with Gasteiger partial charge in [0.15, 0.2) is 0 Å². The van der Waals surface area contributed by atoms with Gasteiger partial charge in [0.25, 0.3) is 5.91 Å². The molecule has 3 rings (SSSR count). The van der Waals surface area contributed by atoms with Gasteiger partial charge >= 0.3 is 0 Å². The van der Waals surface area contributed by atoms with Gasteiger partial charge in [-0.25, -0.2) is 0 Å². The maximum atomic E-state index is 12.6. The van der Waals surface area contributed by atoms with Crippen LogP contribution in [0.15, 0.2) is 36.4 Å². The highest BCUT2D eigenvalue weighted by Gasteiger charge is 2.23. The highest BCUT2D eigenvalue weighted by atomic mass is 35.5. The normalized spacial score (nSPS) is 14.3. The molecule has 1 N–H and O–H groups in total. The lowest BCUT2D eigenvalue weighted by Gasteiger charge is -2.34. The van der Waals surface area contributed by atoms with Crippen LogP contribution in [0.5, 0.6) is 11.5 Å². The molecule has 1 saturated heterocycles. The molecule has 0 atom stereocenters. The highest BCUT2D eigenvalue weighted by Crippen LogP contribution is 2.35. The van der Waals surface area contributed by atoms with E-state index >= 15 is 0 Å². The van der Waals surface area contributed by atoms with Crippen molar-refractivity contribution in [2.75, 3.05) is 52.3 Å². The van der Waals surface area contributed by atoms with Gasteiger partial charge in [0.05, 0.1) is 31.5 Å². The zero-order chi connectivity index (χ0) is 21.7. The SMILES string of the molecule is COc1cc(NC(=O)CN2CCN(C(=O)c3ccc(Cl)cc3)CC2)c(OC)cc1Cl. The van der Waals surface area contributed by atoms with Crippen molar-refractivity contribution in [1.29, 1.82) is 0 Å². The van der Waals surface area contributed by atoms with Crippen LogP contribution in [-0.2, 0) is 4.79 Å². The fourth-order valence-electron chi connectivity index (χ4n) is 3.24. The average Bonchev–Trinajstić information content (AvgIpc) is 2.75. The van der Waals surface area contributed by atoms with Gasteiger partial charge in [-0.3, -0.25) is 14.5 Å². The number of piperazine rings is 1. The third kappa shape index (κ3) is 5.36. The number of carbonyl (C=O) groups is 2. The zero-order valence-electron chi connectivity index (χ0n) is 16.8. The molecule has 1 aliphatic heterocycles. The van der Waals surface area contributed by atoms with Crippen molar-refractivity contribution in [1.82, 2.24) is 9.80 Å². The molecule has 7 nitrogen and oxygen atoms in total. The molecule has 0 radical (unpaired) electrons. The Labute approximate surface area is 185 Å². The van der Waals surface area contributed by atoms with Crippen molar-refractivity contribution < 1.29 is 19.1 Å².